The number of hydrogen-bond donors (Lipinski definition) is 1. The average molecular weight is 124 g/mol. The molecule has 1 heteroatoms. The molecule has 0 aliphatic carbocycles. The lowest BCUT2D eigenvalue weighted by Gasteiger charge is -1.80. The van der Waals surface area contributed by atoms with Gasteiger partial charge in [-0.1, -0.05) is 18.2 Å². The van der Waals surface area contributed by atoms with Crippen molar-refractivity contribution in [1.82, 2.24) is 0 Å². The molecule has 0 aliphatic heterocycles. The summed E-state index contributed by atoms with van der Waals surface area (Å²) in [5, 5.41) is 8.17. The fourth-order valence-electron chi connectivity index (χ4n) is 0.439. The molecule has 0 fully saturated rings. The Morgan fingerprint density at radius 2 is 2.00 bits per heavy atom. The van der Waals surface area contributed by atoms with Gasteiger partial charge in [-0.2, -0.15) is 0 Å². The standard InChI is InChI=1S/C8H12O/c1-2-3-4-5-6-7-8-9/h2,5-9H,1,3-4H2. The van der Waals surface area contributed by atoms with Crippen molar-refractivity contribution in [2.75, 3.05) is 0 Å². The van der Waals surface area contributed by atoms with Crippen LogP contribution >= 0.6 is 0 Å². The van der Waals surface area contributed by atoms with Gasteiger partial charge in [0.05, 0.1) is 6.26 Å². The molecule has 0 aliphatic rings. The van der Waals surface area contributed by atoms with E-state index in [0.29, 0.717) is 0 Å². The Morgan fingerprint density at radius 1 is 1.22 bits per heavy atom. The molecule has 0 heterocycles. The maximum absolute atomic E-state index is 8.17. The molecule has 0 radical (unpaired) electrons. The zero-order chi connectivity index (χ0) is 6.95. The molecule has 0 aromatic carbocycles. The minimum Gasteiger partial charge on any atom is -0.516 e. The van der Waals surface area contributed by atoms with E-state index in [1.807, 2.05) is 18.2 Å². The second-order valence-electron chi connectivity index (χ2n) is 1.64. The van der Waals surface area contributed by atoms with Gasteiger partial charge in [-0.15, -0.1) is 6.58 Å². The molecule has 0 atom stereocenters. The molecule has 0 rings (SSSR count). The number of unbranched alkanes of at least 4 members (excludes halogenated alkanes) is 1. The SMILES string of the molecule is C=CCCC=CC=CO. The largest absolute Gasteiger partial charge is 0.516 e. The van der Waals surface area contributed by atoms with Gasteiger partial charge < -0.3 is 5.11 Å². The molecule has 0 amide bonds. The van der Waals surface area contributed by atoms with Crippen LogP contribution in [-0.2, 0) is 0 Å². The normalized spacial score (nSPS) is 11.1. The highest BCUT2D eigenvalue weighted by Gasteiger charge is 1.70. The van der Waals surface area contributed by atoms with Crippen molar-refractivity contribution in [3.63, 3.8) is 0 Å². The molecule has 0 aromatic rings. The Morgan fingerprint density at radius 3 is 2.56 bits per heavy atom. The fraction of sp³-hybridized carbons (Fsp3) is 0.250. The molecule has 0 aromatic heterocycles. The van der Waals surface area contributed by atoms with E-state index < -0.39 is 0 Å². The van der Waals surface area contributed by atoms with Gasteiger partial charge in [0.25, 0.3) is 0 Å². The molecule has 9 heavy (non-hydrogen) atoms. The monoisotopic (exact) mass is 124 g/mol. The Bertz CT molecular complexity index is 112. The lowest BCUT2D eigenvalue weighted by atomic mass is 10.3. The summed E-state index contributed by atoms with van der Waals surface area (Å²) in [5.41, 5.74) is 0. The van der Waals surface area contributed by atoms with Gasteiger partial charge in [-0.25, -0.2) is 0 Å². The summed E-state index contributed by atoms with van der Waals surface area (Å²) in [6.45, 7) is 3.58. The van der Waals surface area contributed by atoms with Crippen LogP contribution in [0.2, 0.25) is 0 Å². The van der Waals surface area contributed by atoms with E-state index >= 15 is 0 Å². The van der Waals surface area contributed by atoms with Crippen molar-refractivity contribution in [1.29, 1.82) is 0 Å². The first-order valence-corrected chi connectivity index (χ1v) is 2.98. The van der Waals surface area contributed by atoms with E-state index in [9.17, 15) is 0 Å². The van der Waals surface area contributed by atoms with E-state index in [2.05, 4.69) is 6.58 Å². The predicted octanol–water partition coefficient (Wildman–Crippen LogP) is 2.58. The molecule has 1 N–H and O–H groups in total. The van der Waals surface area contributed by atoms with E-state index in [-0.39, 0.29) is 0 Å². The quantitative estimate of drug-likeness (QED) is 0.264. The summed E-state index contributed by atoms with van der Waals surface area (Å²) >= 11 is 0. The highest BCUT2D eigenvalue weighted by molar-refractivity contribution is 4.99. The molecule has 0 saturated heterocycles. The number of hydrogen-bond acceptors (Lipinski definition) is 1. The number of aliphatic hydroxyl groups is 1. The van der Waals surface area contributed by atoms with Crippen LogP contribution in [0.5, 0.6) is 0 Å². The van der Waals surface area contributed by atoms with Gasteiger partial charge in [-0.05, 0) is 18.9 Å². The van der Waals surface area contributed by atoms with Crippen LogP contribution in [0.15, 0.2) is 37.1 Å². The van der Waals surface area contributed by atoms with Crippen LogP contribution < -0.4 is 0 Å². The Kier molecular flexibility index (Phi) is 6.26. The second-order valence-corrected chi connectivity index (χ2v) is 1.64. The first-order chi connectivity index (χ1) is 4.41. The van der Waals surface area contributed by atoms with Crippen LogP contribution in [0.3, 0.4) is 0 Å². The van der Waals surface area contributed by atoms with E-state index in [1.165, 1.54) is 0 Å². The highest BCUT2D eigenvalue weighted by atomic mass is 16.2. The first-order valence-electron chi connectivity index (χ1n) is 2.98. The van der Waals surface area contributed by atoms with E-state index in [1.54, 1.807) is 6.08 Å². The van der Waals surface area contributed by atoms with Crippen LogP contribution in [0.25, 0.3) is 0 Å². The van der Waals surface area contributed by atoms with Gasteiger partial charge >= 0.3 is 0 Å². The molecule has 0 spiro atoms. The summed E-state index contributed by atoms with van der Waals surface area (Å²) in [6.07, 6.45) is 10.3. The predicted molar refractivity (Wildman–Crippen MR) is 40.3 cm³/mol. The maximum Gasteiger partial charge on any atom is 0.0791 e. The number of rotatable bonds is 4. The summed E-state index contributed by atoms with van der Waals surface area (Å²) < 4.78 is 0. The van der Waals surface area contributed by atoms with Gasteiger partial charge in [0.15, 0.2) is 0 Å². The Hall–Kier alpha value is -0.980. The molecular formula is C8H12O. The molecule has 0 bridgehead atoms. The second kappa shape index (κ2) is 7.02. The number of aliphatic hydroxyl groups excluding tert-OH is 1. The molecular weight excluding hydrogens is 112 g/mol. The lowest BCUT2D eigenvalue weighted by Crippen LogP contribution is -1.60. The van der Waals surface area contributed by atoms with E-state index in [4.69, 9.17) is 5.11 Å². The zero-order valence-corrected chi connectivity index (χ0v) is 5.46. The van der Waals surface area contributed by atoms with Gasteiger partial charge in [0.2, 0.25) is 0 Å². The zero-order valence-electron chi connectivity index (χ0n) is 5.46. The van der Waals surface area contributed by atoms with Crippen molar-refractivity contribution in [2.24, 2.45) is 0 Å². The van der Waals surface area contributed by atoms with Crippen molar-refractivity contribution < 1.29 is 5.11 Å². The van der Waals surface area contributed by atoms with Crippen LogP contribution in [0.1, 0.15) is 12.8 Å². The molecule has 0 unspecified atom stereocenters. The Balaban J connectivity index is 3.14. The maximum atomic E-state index is 8.17. The minimum absolute atomic E-state index is 0.994. The molecule has 0 saturated carbocycles. The number of allylic oxidation sites excluding steroid dienone is 4. The summed E-state index contributed by atoms with van der Waals surface area (Å²) in [6, 6.07) is 0. The third-order valence-corrected chi connectivity index (χ3v) is 0.871. The third-order valence-electron chi connectivity index (χ3n) is 0.871. The fourth-order valence-corrected chi connectivity index (χ4v) is 0.439. The minimum atomic E-state index is 0.994. The van der Waals surface area contributed by atoms with Crippen LogP contribution in [0.4, 0.5) is 0 Å². The smallest absolute Gasteiger partial charge is 0.0791 e. The van der Waals surface area contributed by atoms with Crippen molar-refractivity contribution in [3.8, 4) is 0 Å². The Labute approximate surface area is 56.0 Å². The lowest BCUT2D eigenvalue weighted by molar-refractivity contribution is 0.473. The first kappa shape index (κ1) is 8.02. The van der Waals surface area contributed by atoms with Gasteiger partial charge in [0, 0.05) is 0 Å². The summed E-state index contributed by atoms with van der Waals surface area (Å²) in [7, 11) is 0. The highest BCUT2D eigenvalue weighted by Crippen LogP contribution is 1.90. The molecule has 50 valence electrons. The third kappa shape index (κ3) is 7.02. The van der Waals surface area contributed by atoms with Crippen molar-refractivity contribution in [3.05, 3.63) is 37.1 Å². The molecule has 1 nitrogen and oxygen atoms in total. The summed E-state index contributed by atoms with van der Waals surface area (Å²) in [5.74, 6) is 0. The van der Waals surface area contributed by atoms with Crippen LogP contribution in [-0.4, -0.2) is 5.11 Å². The van der Waals surface area contributed by atoms with Gasteiger partial charge in [0.1, 0.15) is 0 Å². The van der Waals surface area contributed by atoms with Crippen molar-refractivity contribution >= 4 is 0 Å². The van der Waals surface area contributed by atoms with E-state index in [0.717, 1.165) is 19.1 Å². The summed E-state index contributed by atoms with van der Waals surface area (Å²) in [4.78, 5) is 0. The van der Waals surface area contributed by atoms with Gasteiger partial charge in [-0.3, -0.25) is 0 Å². The van der Waals surface area contributed by atoms with Crippen LogP contribution in [0, 0.1) is 0 Å². The average Bonchev–Trinajstić information content (AvgIpc) is 1.89. The van der Waals surface area contributed by atoms with Crippen molar-refractivity contribution in [2.45, 2.75) is 12.8 Å². The topological polar surface area (TPSA) is 20.2 Å².